The van der Waals surface area contributed by atoms with Crippen molar-refractivity contribution in [2.75, 3.05) is 25.6 Å². The Balaban J connectivity index is 1.50. The number of nitrogens with one attached hydrogen (secondary N) is 1. The first kappa shape index (κ1) is 22.5. The zero-order valence-corrected chi connectivity index (χ0v) is 19.9. The van der Waals surface area contributed by atoms with E-state index in [1.807, 2.05) is 37.3 Å². The number of aromatic nitrogens is 3. The van der Waals surface area contributed by atoms with Crippen molar-refractivity contribution in [2.45, 2.75) is 13.3 Å². The van der Waals surface area contributed by atoms with Crippen molar-refractivity contribution in [1.82, 2.24) is 14.5 Å². The van der Waals surface area contributed by atoms with Crippen molar-refractivity contribution in [3.8, 4) is 28.3 Å². The van der Waals surface area contributed by atoms with E-state index in [2.05, 4.69) is 74.6 Å². The maximum Gasteiger partial charge on any atom is 0.150 e. The van der Waals surface area contributed by atoms with Gasteiger partial charge in [-0.1, -0.05) is 42.5 Å². The van der Waals surface area contributed by atoms with E-state index in [-0.39, 0.29) is 0 Å². The van der Waals surface area contributed by atoms with Crippen LogP contribution < -0.4 is 14.8 Å². The molecule has 6 nitrogen and oxygen atoms in total. The third kappa shape index (κ3) is 4.82. The summed E-state index contributed by atoms with van der Waals surface area (Å²) >= 11 is 0. The average Bonchev–Trinajstić information content (AvgIpc) is 3.31. The number of rotatable bonds is 9. The predicted octanol–water partition coefficient (Wildman–Crippen LogP) is 6.15. The van der Waals surface area contributed by atoms with Gasteiger partial charge in [0.25, 0.3) is 0 Å². The first-order valence-electron chi connectivity index (χ1n) is 11.8. The number of benzene rings is 3. The van der Waals surface area contributed by atoms with Crippen molar-refractivity contribution >= 4 is 16.9 Å². The van der Waals surface area contributed by atoms with Crippen molar-refractivity contribution in [3.63, 3.8) is 0 Å². The van der Waals surface area contributed by atoms with Gasteiger partial charge in [0.15, 0.2) is 5.65 Å². The van der Waals surface area contributed by atoms with Gasteiger partial charge in [0.1, 0.15) is 23.6 Å². The molecule has 0 aliphatic carbocycles. The highest BCUT2D eigenvalue weighted by Crippen LogP contribution is 2.35. The molecule has 176 valence electrons. The van der Waals surface area contributed by atoms with Gasteiger partial charge in [-0.05, 0) is 60.9 Å². The Kier molecular flexibility index (Phi) is 6.61. The molecule has 0 radical (unpaired) electrons. The second kappa shape index (κ2) is 10.3. The van der Waals surface area contributed by atoms with Gasteiger partial charge in [-0.25, -0.2) is 9.97 Å². The van der Waals surface area contributed by atoms with Crippen LogP contribution in [0.4, 0.5) is 5.82 Å². The van der Waals surface area contributed by atoms with Gasteiger partial charge in [0.05, 0.1) is 19.1 Å². The number of fused-ring (bicyclic) bond motifs is 1. The Morgan fingerprint density at radius 2 is 1.60 bits per heavy atom. The summed E-state index contributed by atoms with van der Waals surface area (Å²) < 4.78 is 13.0. The van der Waals surface area contributed by atoms with Crippen LogP contribution in [0, 0.1) is 0 Å². The first-order valence-corrected chi connectivity index (χ1v) is 11.8. The maximum atomic E-state index is 5.62. The fraction of sp³-hybridized carbons (Fsp3) is 0.172. The van der Waals surface area contributed by atoms with Crippen LogP contribution in [0.5, 0.6) is 11.5 Å². The van der Waals surface area contributed by atoms with Gasteiger partial charge in [-0.15, -0.1) is 0 Å². The van der Waals surface area contributed by atoms with Gasteiger partial charge in [-0.3, -0.25) is 0 Å². The van der Waals surface area contributed by atoms with Crippen LogP contribution in [0.1, 0.15) is 12.5 Å². The molecule has 0 aliphatic heterocycles. The largest absolute Gasteiger partial charge is 0.497 e. The third-order valence-electron chi connectivity index (χ3n) is 5.96. The van der Waals surface area contributed by atoms with E-state index < -0.39 is 0 Å². The lowest BCUT2D eigenvalue weighted by molar-refractivity contribution is 0.340. The normalized spacial score (nSPS) is 10.9. The second-order valence-electron chi connectivity index (χ2n) is 8.15. The number of nitrogens with zero attached hydrogens (tertiary/aromatic N) is 3. The smallest absolute Gasteiger partial charge is 0.150 e. The molecule has 1 N–H and O–H groups in total. The molecule has 35 heavy (non-hydrogen) atoms. The van der Waals surface area contributed by atoms with E-state index in [4.69, 9.17) is 9.47 Å². The molecular weight excluding hydrogens is 436 g/mol. The molecule has 0 unspecified atom stereocenters. The quantitative estimate of drug-likeness (QED) is 0.284. The Labute approximate surface area is 205 Å². The minimum atomic E-state index is 0.642. The Hall–Kier alpha value is -4.32. The predicted molar refractivity (Wildman–Crippen MR) is 141 cm³/mol. The molecule has 0 aliphatic rings. The molecule has 2 aromatic heterocycles. The van der Waals surface area contributed by atoms with Crippen LogP contribution >= 0.6 is 0 Å². The minimum absolute atomic E-state index is 0.642. The summed E-state index contributed by atoms with van der Waals surface area (Å²) in [5.41, 5.74) is 5.31. The molecule has 0 fully saturated rings. The van der Waals surface area contributed by atoms with Crippen molar-refractivity contribution in [1.29, 1.82) is 0 Å². The lowest BCUT2D eigenvalue weighted by Gasteiger charge is -2.10. The van der Waals surface area contributed by atoms with Gasteiger partial charge in [0, 0.05) is 24.0 Å². The highest BCUT2D eigenvalue weighted by molar-refractivity contribution is 6.02. The molecule has 5 aromatic rings. The van der Waals surface area contributed by atoms with Crippen molar-refractivity contribution in [3.05, 3.63) is 97.0 Å². The number of ether oxygens (including phenoxy) is 2. The van der Waals surface area contributed by atoms with Gasteiger partial charge >= 0.3 is 0 Å². The third-order valence-corrected chi connectivity index (χ3v) is 5.96. The van der Waals surface area contributed by atoms with Crippen LogP contribution in [-0.2, 0) is 6.42 Å². The van der Waals surface area contributed by atoms with E-state index >= 15 is 0 Å². The van der Waals surface area contributed by atoms with E-state index in [1.165, 1.54) is 5.56 Å². The number of methoxy groups -OCH3 is 1. The van der Waals surface area contributed by atoms with Crippen LogP contribution in [0.2, 0.25) is 0 Å². The molecule has 0 saturated heterocycles. The number of anilines is 1. The van der Waals surface area contributed by atoms with Gasteiger partial charge in [-0.2, -0.15) is 0 Å². The molecule has 3 aromatic carbocycles. The molecule has 0 saturated carbocycles. The molecule has 5 rings (SSSR count). The second-order valence-corrected chi connectivity index (χ2v) is 8.15. The Morgan fingerprint density at radius 1 is 0.857 bits per heavy atom. The van der Waals surface area contributed by atoms with E-state index in [1.54, 1.807) is 13.4 Å². The average molecular weight is 465 g/mol. The highest BCUT2D eigenvalue weighted by Gasteiger charge is 2.17. The molecule has 0 bridgehead atoms. The monoisotopic (exact) mass is 464 g/mol. The van der Waals surface area contributed by atoms with Crippen LogP contribution in [0.15, 0.2) is 91.4 Å². The first-order chi connectivity index (χ1) is 17.3. The highest BCUT2D eigenvalue weighted by atomic mass is 16.5. The Bertz CT molecular complexity index is 1400. The summed E-state index contributed by atoms with van der Waals surface area (Å²) in [6, 6.07) is 26.6. The fourth-order valence-corrected chi connectivity index (χ4v) is 4.22. The SMILES string of the molecule is CCOc1ccc(-n2cc(-c3ccccc3)c3c(NCCc4ccc(OC)cc4)ncnc32)cc1. The van der Waals surface area contributed by atoms with Crippen molar-refractivity contribution in [2.24, 2.45) is 0 Å². The standard InChI is InChI=1S/C29H28N4O2/c1-3-35-25-15-11-23(12-16-25)33-19-26(22-7-5-4-6-8-22)27-28(31-20-32-29(27)33)30-18-17-21-9-13-24(34-2)14-10-21/h4-16,19-20H,3,17-18H2,1-2H3,(H,30,31,32). The van der Waals surface area contributed by atoms with E-state index in [9.17, 15) is 0 Å². The molecule has 6 heteroatoms. The van der Waals surface area contributed by atoms with Crippen LogP contribution in [0.25, 0.3) is 27.8 Å². The fourth-order valence-electron chi connectivity index (χ4n) is 4.22. The molecule has 2 heterocycles. The lowest BCUT2D eigenvalue weighted by Crippen LogP contribution is -2.07. The van der Waals surface area contributed by atoms with Gasteiger partial charge in [0.2, 0.25) is 0 Å². The zero-order chi connectivity index (χ0) is 24.0. The maximum absolute atomic E-state index is 5.62. The number of hydrogen-bond donors (Lipinski definition) is 1. The van der Waals surface area contributed by atoms with Crippen LogP contribution in [-0.4, -0.2) is 34.8 Å². The molecular formula is C29H28N4O2. The lowest BCUT2D eigenvalue weighted by atomic mass is 10.1. The minimum Gasteiger partial charge on any atom is -0.497 e. The zero-order valence-electron chi connectivity index (χ0n) is 19.9. The summed E-state index contributed by atoms with van der Waals surface area (Å²) in [5.74, 6) is 2.54. The summed E-state index contributed by atoms with van der Waals surface area (Å²) in [6.45, 7) is 3.38. The van der Waals surface area contributed by atoms with Crippen LogP contribution in [0.3, 0.4) is 0 Å². The molecule has 0 amide bonds. The van der Waals surface area contributed by atoms with E-state index in [0.29, 0.717) is 6.61 Å². The summed E-state index contributed by atoms with van der Waals surface area (Å²) in [7, 11) is 1.68. The summed E-state index contributed by atoms with van der Waals surface area (Å²) in [6.07, 6.45) is 4.63. The summed E-state index contributed by atoms with van der Waals surface area (Å²) in [5, 5.41) is 4.55. The van der Waals surface area contributed by atoms with E-state index in [0.717, 1.165) is 58.1 Å². The number of hydrogen-bond acceptors (Lipinski definition) is 5. The summed E-state index contributed by atoms with van der Waals surface area (Å²) in [4.78, 5) is 9.30. The van der Waals surface area contributed by atoms with Gasteiger partial charge < -0.3 is 19.4 Å². The topological polar surface area (TPSA) is 61.2 Å². The molecule has 0 atom stereocenters. The molecule has 0 spiro atoms. The van der Waals surface area contributed by atoms with Crippen molar-refractivity contribution < 1.29 is 9.47 Å². The Morgan fingerprint density at radius 3 is 2.31 bits per heavy atom.